The monoisotopic (exact) mass is 408 g/mol. The summed E-state index contributed by atoms with van der Waals surface area (Å²) in [5.74, 6) is -2.93. The van der Waals surface area contributed by atoms with E-state index in [0.717, 1.165) is 17.7 Å². The highest BCUT2D eigenvalue weighted by Crippen LogP contribution is 2.28. The number of carbonyl (C=O) groups excluding carboxylic acids is 1. The lowest BCUT2D eigenvalue weighted by molar-refractivity contribution is -0.138. The standard InChI is InChI=1S/C20H22F2N2O5/c1-11(20(26)27)24-19(25)13-9-15(22)16(10-14(13)21)23-7-6-12-4-5-17(28-2)18(8-12)29-3/h4-5,8-11,23H,6-7H2,1-3H3,(H,24,25)(H,26,27)/t11-/m0/s1. The van der Waals surface area contributed by atoms with Crippen molar-refractivity contribution in [3.8, 4) is 11.5 Å². The zero-order valence-corrected chi connectivity index (χ0v) is 16.2. The number of carbonyl (C=O) groups is 2. The maximum absolute atomic E-state index is 14.3. The van der Waals surface area contributed by atoms with Crippen molar-refractivity contribution in [2.24, 2.45) is 0 Å². The van der Waals surface area contributed by atoms with Gasteiger partial charge in [0.15, 0.2) is 11.5 Å². The molecule has 0 aliphatic rings. The van der Waals surface area contributed by atoms with E-state index < -0.39 is 35.1 Å². The van der Waals surface area contributed by atoms with E-state index in [0.29, 0.717) is 24.5 Å². The van der Waals surface area contributed by atoms with Gasteiger partial charge in [0.05, 0.1) is 25.5 Å². The first-order valence-electron chi connectivity index (χ1n) is 8.74. The molecule has 156 valence electrons. The van der Waals surface area contributed by atoms with Crippen LogP contribution in [0.25, 0.3) is 0 Å². The van der Waals surface area contributed by atoms with Gasteiger partial charge in [0, 0.05) is 12.6 Å². The molecule has 0 saturated carbocycles. The van der Waals surface area contributed by atoms with Crippen LogP contribution in [-0.4, -0.2) is 43.8 Å². The average molecular weight is 408 g/mol. The average Bonchev–Trinajstić information content (AvgIpc) is 2.69. The Hall–Kier alpha value is -3.36. The number of anilines is 1. The van der Waals surface area contributed by atoms with Crippen molar-refractivity contribution >= 4 is 17.6 Å². The summed E-state index contributed by atoms with van der Waals surface area (Å²) >= 11 is 0. The molecule has 0 saturated heterocycles. The molecular formula is C20H22F2N2O5. The molecule has 7 nitrogen and oxygen atoms in total. The number of carboxylic acid groups (broad SMARTS) is 1. The molecule has 1 atom stereocenters. The number of benzene rings is 2. The Morgan fingerprint density at radius 3 is 2.38 bits per heavy atom. The predicted molar refractivity (Wildman–Crippen MR) is 103 cm³/mol. The summed E-state index contributed by atoms with van der Waals surface area (Å²) in [5, 5.41) is 13.7. The second kappa shape index (κ2) is 9.72. The van der Waals surface area contributed by atoms with Crippen LogP contribution in [0.4, 0.5) is 14.5 Å². The molecule has 0 spiro atoms. The van der Waals surface area contributed by atoms with Crippen LogP contribution in [0.2, 0.25) is 0 Å². The number of nitrogens with one attached hydrogen (secondary N) is 2. The molecule has 2 aromatic rings. The molecule has 2 rings (SSSR count). The minimum absolute atomic E-state index is 0.106. The number of rotatable bonds is 9. The zero-order valence-electron chi connectivity index (χ0n) is 16.2. The second-order valence-corrected chi connectivity index (χ2v) is 6.21. The molecule has 3 N–H and O–H groups in total. The van der Waals surface area contributed by atoms with Gasteiger partial charge in [-0.1, -0.05) is 6.07 Å². The van der Waals surface area contributed by atoms with Gasteiger partial charge in [0.2, 0.25) is 0 Å². The van der Waals surface area contributed by atoms with Crippen LogP contribution in [0.3, 0.4) is 0 Å². The predicted octanol–water partition coefficient (Wildman–Crippen LogP) is 2.84. The van der Waals surface area contributed by atoms with Crippen molar-refractivity contribution in [2.75, 3.05) is 26.1 Å². The number of methoxy groups -OCH3 is 2. The van der Waals surface area contributed by atoms with Crippen LogP contribution in [0, 0.1) is 11.6 Å². The van der Waals surface area contributed by atoms with E-state index in [2.05, 4.69) is 10.6 Å². The van der Waals surface area contributed by atoms with Gasteiger partial charge in [-0.2, -0.15) is 0 Å². The zero-order chi connectivity index (χ0) is 21.6. The van der Waals surface area contributed by atoms with Gasteiger partial charge in [0.25, 0.3) is 5.91 Å². The fourth-order valence-electron chi connectivity index (χ4n) is 2.57. The minimum atomic E-state index is -1.28. The Balaban J connectivity index is 2.04. The van der Waals surface area contributed by atoms with Crippen LogP contribution < -0.4 is 20.1 Å². The maximum atomic E-state index is 14.3. The summed E-state index contributed by atoms with van der Waals surface area (Å²) in [4.78, 5) is 22.7. The first-order valence-corrected chi connectivity index (χ1v) is 8.74. The summed E-state index contributed by atoms with van der Waals surface area (Å²) in [5.41, 5.74) is 0.224. The Labute approximate surface area is 166 Å². The molecule has 0 radical (unpaired) electrons. The van der Waals surface area contributed by atoms with Crippen molar-refractivity contribution in [1.29, 1.82) is 0 Å². The SMILES string of the molecule is COc1ccc(CCNc2cc(F)c(C(=O)N[C@@H](C)C(=O)O)cc2F)cc1OC. The Morgan fingerprint density at radius 2 is 1.76 bits per heavy atom. The van der Waals surface area contributed by atoms with E-state index in [-0.39, 0.29) is 5.69 Å². The van der Waals surface area contributed by atoms with E-state index in [1.807, 2.05) is 6.07 Å². The summed E-state index contributed by atoms with van der Waals surface area (Å²) in [7, 11) is 3.05. The number of hydrogen-bond donors (Lipinski definition) is 3. The number of carboxylic acids is 1. The molecule has 0 unspecified atom stereocenters. The lowest BCUT2D eigenvalue weighted by Crippen LogP contribution is -2.38. The van der Waals surface area contributed by atoms with E-state index in [1.54, 1.807) is 12.1 Å². The van der Waals surface area contributed by atoms with Gasteiger partial charge in [0.1, 0.15) is 17.7 Å². The summed E-state index contributed by atoms with van der Waals surface area (Å²) < 4.78 is 38.9. The van der Waals surface area contributed by atoms with Gasteiger partial charge < -0.3 is 25.2 Å². The molecule has 0 aliphatic heterocycles. The van der Waals surface area contributed by atoms with Crippen LogP contribution in [-0.2, 0) is 11.2 Å². The Kier molecular flexibility index (Phi) is 7.35. The summed E-state index contributed by atoms with van der Waals surface area (Å²) in [6, 6.07) is 5.73. The van der Waals surface area contributed by atoms with Crippen LogP contribution in [0.15, 0.2) is 30.3 Å². The summed E-state index contributed by atoms with van der Waals surface area (Å²) in [6.45, 7) is 1.52. The number of ether oxygens (including phenoxy) is 2. The largest absolute Gasteiger partial charge is 0.493 e. The van der Waals surface area contributed by atoms with Gasteiger partial charge >= 0.3 is 5.97 Å². The van der Waals surface area contributed by atoms with Gasteiger partial charge in [-0.05, 0) is 37.1 Å². The molecule has 0 aliphatic carbocycles. The number of amides is 1. The Morgan fingerprint density at radius 1 is 1.07 bits per heavy atom. The van der Waals surface area contributed by atoms with Gasteiger partial charge in [-0.25, -0.2) is 8.78 Å². The van der Waals surface area contributed by atoms with Gasteiger partial charge in [-0.3, -0.25) is 9.59 Å². The topological polar surface area (TPSA) is 96.9 Å². The van der Waals surface area contributed by atoms with Crippen molar-refractivity contribution in [3.05, 3.63) is 53.1 Å². The maximum Gasteiger partial charge on any atom is 0.325 e. The molecule has 9 heteroatoms. The number of aliphatic carboxylic acids is 1. The highest BCUT2D eigenvalue weighted by Gasteiger charge is 2.20. The Bertz CT molecular complexity index is 905. The molecule has 2 aromatic carbocycles. The second-order valence-electron chi connectivity index (χ2n) is 6.21. The van der Waals surface area contributed by atoms with Crippen LogP contribution in [0.5, 0.6) is 11.5 Å². The third-order valence-electron chi connectivity index (χ3n) is 4.20. The quantitative estimate of drug-likeness (QED) is 0.591. The van der Waals surface area contributed by atoms with Crippen molar-refractivity contribution in [2.45, 2.75) is 19.4 Å². The van der Waals surface area contributed by atoms with E-state index >= 15 is 0 Å². The molecule has 1 amide bonds. The lowest BCUT2D eigenvalue weighted by Gasteiger charge is -2.13. The van der Waals surface area contributed by atoms with Crippen molar-refractivity contribution in [3.63, 3.8) is 0 Å². The fourth-order valence-corrected chi connectivity index (χ4v) is 2.57. The van der Waals surface area contributed by atoms with Crippen molar-refractivity contribution < 1.29 is 33.0 Å². The van der Waals surface area contributed by atoms with Gasteiger partial charge in [-0.15, -0.1) is 0 Å². The highest BCUT2D eigenvalue weighted by atomic mass is 19.1. The van der Waals surface area contributed by atoms with E-state index in [9.17, 15) is 18.4 Å². The molecule has 0 fully saturated rings. The molecule has 0 aromatic heterocycles. The molecular weight excluding hydrogens is 386 g/mol. The smallest absolute Gasteiger partial charge is 0.325 e. The van der Waals surface area contributed by atoms with Crippen LogP contribution >= 0.6 is 0 Å². The minimum Gasteiger partial charge on any atom is -0.493 e. The lowest BCUT2D eigenvalue weighted by atomic mass is 10.1. The fraction of sp³-hybridized carbons (Fsp3) is 0.300. The van der Waals surface area contributed by atoms with Crippen molar-refractivity contribution in [1.82, 2.24) is 5.32 Å². The normalized spacial score (nSPS) is 11.5. The molecule has 0 bridgehead atoms. The third-order valence-corrected chi connectivity index (χ3v) is 4.20. The summed E-state index contributed by atoms with van der Waals surface area (Å²) in [6.07, 6.45) is 0.500. The highest BCUT2D eigenvalue weighted by molar-refractivity contribution is 5.97. The third kappa shape index (κ3) is 5.56. The van der Waals surface area contributed by atoms with Crippen LogP contribution in [0.1, 0.15) is 22.8 Å². The number of halogens is 2. The van der Waals surface area contributed by atoms with E-state index in [4.69, 9.17) is 14.6 Å². The first-order chi connectivity index (χ1) is 13.8. The number of hydrogen-bond acceptors (Lipinski definition) is 5. The molecule has 29 heavy (non-hydrogen) atoms. The van der Waals surface area contributed by atoms with E-state index in [1.165, 1.54) is 21.1 Å². The molecule has 0 heterocycles. The first kappa shape index (κ1) is 21.9.